The molecule has 3 aromatic heterocycles. The molecule has 4 heteroatoms. The van der Waals surface area contributed by atoms with Crippen molar-refractivity contribution in [1.82, 2.24) is 8.97 Å². The summed E-state index contributed by atoms with van der Waals surface area (Å²) in [6.07, 6.45) is 5.67. The molecule has 13 rings (SSSR count). The summed E-state index contributed by atoms with van der Waals surface area (Å²) in [6, 6.07) is 68.9. The van der Waals surface area contributed by atoms with Crippen LogP contribution in [-0.2, 0) is 0 Å². The van der Waals surface area contributed by atoms with Gasteiger partial charge in [-0.3, -0.25) is 0 Å². The number of hydrogen-bond donors (Lipinski definition) is 0. The van der Waals surface area contributed by atoms with E-state index in [1.165, 1.54) is 82.4 Å². The van der Waals surface area contributed by atoms with Crippen molar-refractivity contribution in [2.45, 2.75) is 12.5 Å². The Bertz CT molecular complexity index is 3390. The molecule has 1 unspecified atom stereocenters. The van der Waals surface area contributed by atoms with Gasteiger partial charge in [0.25, 0.3) is 0 Å². The largest absolute Gasteiger partial charge is 0.332 e. The lowest BCUT2D eigenvalue weighted by atomic mass is 9.90. The fraction of sp³-hybridized carbons (Fsp3) is 0.0370. The lowest BCUT2D eigenvalue weighted by molar-refractivity contribution is 0.679. The fourth-order valence-electron chi connectivity index (χ4n) is 10.4. The summed E-state index contributed by atoms with van der Waals surface area (Å²) in [5, 5.41) is 7.74. The number of anilines is 5. The highest BCUT2D eigenvalue weighted by atomic mass is 15.2. The van der Waals surface area contributed by atoms with Crippen molar-refractivity contribution < 1.29 is 0 Å². The molecule has 1 aliphatic heterocycles. The maximum Gasteiger partial charge on any atom is 0.0654 e. The maximum absolute atomic E-state index is 2.66. The minimum Gasteiger partial charge on any atom is -0.332 e. The van der Waals surface area contributed by atoms with Crippen LogP contribution >= 0.6 is 0 Å². The van der Waals surface area contributed by atoms with E-state index in [1.54, 1.807) is 0 Å². The zero-order chi connectivity index (χ0) is 37.9. The van der Waals surface area contributed by atoms with Crippen LogP contribution < -0.4 is 9.80 Å². The molecule has 0 saturated carbocycles. The highest BCUT2D eigenvalue weighted by Crippen LogP contribution is 2.54. The standard InChI is InChI=1S/C54H36N4/c1-5-17-35(18-6-1)55(36-19-7-2-8-20-36)45-29-15-31-47-51(45)41-27-13-25-39-43-34-50-44(33-49(43)57(47)53(39)41)40-26-14-28-42-52-46(30-16-32-48(52)58(50)54(40)42)56(37-21-9-3-10-22-37)38-23-11-4-12-24-38/h1-31,33-34,48H,32H2. The van der Waals surface area contributed by atoms with Crippen molar-refractivity contribution in [1.29, 1.82) is 0 Å². The highest BCUT2D eigenvalue weighted by Gasteiger charge is 2.36. The molecule has 0 fully saturated rings. The summed E-state index contributed by atoms with van der Waals surface area (Å²) in [5.41, 5.74) is 16.1. The molecule has 0 spiro atoms. The fourth-order valence-corrected chi connectivity index (χ4v) is 10.4. The summed E-state index contributed by atoms with van der Waals surface area (Å²) >= 11 is 0. The first kappa shape index (κ1) is 31.6. The molecule has 0 saturated heterocycles. The predicted octanol–water partition coefficient (Wildman–Crippen LogP) is 14.5. The Hall–Kier alpha value is -7.56. The van der Waals surface area contributed by atoms with Gasteiger partial charge < -0.3 is 18.8 Å². The Morgan fingerprint density at radius 1 is 0.431 bits per heavy atom. The van der Waals surface area contributed by atoms with E-state index < -0.39 is 0 Å². The Labute approximate surface area is 335 Å². The van der Waals surface area contributed by atoms with Crippen LogP contribution in [0.25, 0.3) is 65.5 Å². The van der Waals surface area contributed by atoms with E-state index in [2.05, 4.69) is 219 Å². The van der Waals surface area contributed by atoms with Crippen LogP contribution in [-0.4, -0.2) is 8.97 Å². The highest BCUT2D eigenvalue weighted by molar-refractivity contribution is 6.28. The van der Waals surface area contributed by atoms with Gasteiger partial charge >= 0.3 is 0 Å². The van der Waals surface area contributed by atoms with E-state index in [9.17, 15) is 0 Å². The van der Waals surface area contributed by atoms with Crippen LogP contribution in [0, 0.1) is 0 Å². The Morgan fingerprint density at radius 2 is 0.966 bits per heavy atom. The molecule has 0 radical (unpaired) electrons. The quantitative estimate of drug-likeness (QED) is 0.169. The van der Waals surface area contributed by atoms with Crippen molar-refractivity contribution in [3.63, 3.8) is 0 Å². The van der Waals surface area contributed by atoms with Gasteiger partial charge in [0.1, 0.15) is 0 Å². The second kappa shape index (κ2) is 12.0. The van der Waals surface area contributed by atoms with E-state index in [0.29, 0.717) is 0 Å². The number of hydrogen-bond acceptors (Lipinski definition) is 2. The first-order chi connectivity index (χ1) is 28.8. The van der Waals surface area contributed by atoms with Gasteiger partial charge in [-0.15, -0.1) is 0 Å². The topological polar surface area (TPSA) is 15.8 Å². The van der Waals surface area contributed by atoms with Gasteiger partial charge in [-0.05, 0) is 85.3 Å². The third kappa shape index (κ3) is 4.24. The number of fused-ring (bicyclic) bond motifs is 12. The van der Waals surface area contributed by atoms with Crippen LogP contribution in [0.3, 0.4) is 0 Å². The molecule has 11 aromatic rings. The molecule has 4 nitrogen and oxygen atoms in total. The molecular weight excluding hydrogens is 705 g/mol. The normalized spacial score (nSPS) is 14.9. The minimum absolute atomic E-state index is 0.187. The number of aromatic nitrogens is 2. The number of benzene rings is 8. The Kier molecular flexibility index (Phi) is 6.53. The first-order valence-electron chi connectivity index (χ1n) is 20.2. The van der Waals surface area contributed by atoms with Crippen LogP contribution in [0.4, 0.5) is 28.4 Å². The van der Waals surface area contributed by atoms with E-state index in [-0.39, 0.29) is 6.04 Å². The lowest BCUT2D eigenvalue weighted by Crippen LogP contribution is -2.20. The Morgan fingerprint density at radius 3 is 1.62 bits per heavy atom. The average molecular weight is 741 g/mol. The van der Waals surface area contributed by atoms with E-state index in [0.717, 1.165) is 29.2 Å². The van der Waals surface area contributed by atoms with E-state index in [1.807, 2.05) is 0 Å². The third-order valence-electron chi connectivity index (χ3n) is 12.6. The molecule has 0 N–H and O–H groups in total. The van der Waals surface area contributed by atoms with E-state index >= 15 is 0 Å². The molecule has 272 valence electrons. The number of para-hydroxylation sites is 6. The van der Waals surface area contributed by atoms with Crippen molar-refractivity contribution in [3.8, 4) is 0 Å². The van der Waals surface area contributed by atoms with Gasteiger partial charge in [-0.1, -0.05) is 121 Å². The molecule has 1 aliphatic carbocycles. The van der Waals surface area contributed by atoms with Crippen LogP contribution in [0.15, 0.2) is 206 Å². The van der Waals surface area contributed by atoms with Gasteiger partial charge in [-0.25, -0.2) is 0 Å². The van der Waals surface area contributed by atoms with Crippen LogP contribution in [0.1, 0.15) is 18.0 Å². The number of rotatable bonds is 6. The van der Waals surface area contributed by atoms with Gasteiger partial charge in [0.2, 0.25) is 0 Å². The smallest absolute Gasteiger partial charge is 0.0654 e. The van der Waals surface area contributed by atoms with Crippen molar-refractivity contribution in [3.05, 3.63) is 211 Å². The van der Waals surface area contributed by atoms with Gasteiger partial charge in [-0.2, -0.15) is 0 Å². The summed E-state index contributed by atoms with van der Waals surface area (Å²) in [6.45, 7) is 0. The number of allylic oxidation sites excluding steroid dienone is 3. The minimum atomic E-state index is 0.187. The summed E-state index contributed by atoms with van der Waals surface area (Å²) in [4.78, 5) is 4.84. The molecule has 4 heterocycles. The average Bonchev–Trinajstić information content (AvgIpc) is 4.02. The maximum atomic E-state index is 2.66. The molecule has 58 heavy (non-hydrogen) atoms. The third-order valence-corrected chi connectivity index (χ3v) is 12.6. The van der Waals surface area contributed by atoms with Crippen molar-refractivity contribution >= 4 is 93.9 Å². The van der Waals surface area contributed by atoms with Crippen molar-refractivity contribution in [2.24, 2.45) is 0 Å². The second-order valence-corrected chi connectivity index (χ2v) is 15.6. The molecule has 1 atom stereocenters. The van der Waals surface area contributed by atoms with Crippen LogP contribution in [0.5, 0.6) is 0 Å². The molecule has 2 aliphatic rings. The molecular formula is C54H36N4. The predicted molar refractivity (Wildman–Crippen MR) is 244 cm³/mol. The second-order valence-electron chi connectivity index (χ2n) is 15.6. The molecule has 0 bridgehead atoms. The Balaban J connectivity index is 1.07. The SMILES string of the molecule is C1=CC(N(c2ccccc2)c2ccccc2)=C2c3cccc4c5cc6c(cc5n(c34)C2C1)c1cccc2c3c(N(c4ccccc4)c4ccccc4)cccc3n6c12. The zero-order valence-electron chi connectivity index (χ0n) is 31.6. The summed E-state index contributed by atoms with van der Waals surface area (Å²) < 4.78 is 5.20. The van der Waals surface area contributed by atoms with Gasteiger partial charge in [0.05, 0.1) is 45.0 Å². The first-order valence-corrected chi connectivity index (χ1v) is 20.2. The molecule has 0 amide bonds. The van der Waals surface area contributed by atoms with Crippen molar-refractivity contribution in [2.75, 3.05) is 9.80 Å². The monoisotopic (exact) mass is 740 g/mol. The van der Waals surface area contributed by atoms with E-state index in [4.69, 9.17) is 0 Å². The van der Waals surface area contributed by atoms with Gasteiger partial charge in [0.15, 0.2) is 0 Å². The van der Waals surface area contributed by atoms with Gasteiger partial charge in [0, 0.05) is 66.2 Å². The molecule has 8 aromatic carbocycles. The zero-order valence-corrected chi connectivity index (χ0v) is 31.6. The van der Waals surface area contributed by atoms with Crippen LogP contribution in [0.2, 0.25) is 0 Å². The lowest BCUT2D eigenvalue weighted by Gasteiger charge is -2.32. The number of nitrogens with zero attached hydrogens (tertiary/aromatic N) is 4. The summed E-state index contributed by atoms with van der Waals surface area (Å²) in [5.74, 6) is 0. The summed E-state index contributed by atoms with van der Waals surface area (Å²) in [7, 11) is 0.